The zero-order valence-electron chi connectivity index (χ0n) is 20.2. The molecule has 1 atom stereocenters. The fourth-order valence-electron chi connectivity index (χ4n) is 2.97. The quantitative estimate of drug-likeness (QED) is 0.144. The predicted octanol–water partition coefficient (Wildman–Crippen LogP) is 6.60. The van der Waals surface area contributed by atoms with E-state index in [9.17, 15) is 9.59 Å². The molecule has 2 aromatic carbocycles. The van der Waals surface area contributed by atoms with Crippen LogP contribution in [0.5, 0.6) is 0 Å². The molecule has 0 bridgehead atoms. The van der Waals surface area contributed by atoms with Gasteiger partial charge in [-0.25, -0.2) is 4.79 Å². The Morgan fingerprint density at radius 2 is 1.28 bits per heavy atom. The molecule has 0 spiro atoms. The van der Waals surface area contributed by atoms with E-state index in [1.165, 1.54) is 12.8 Å². The van der Waals surface area contributed by atoms with E-state index in [1.54, 1.807) is 22.6 Å². The molecular formula is C26H37IN2O3. The van der Waals surface area contributed by atoms with Gasteiger partial charge in [0.05, 0.1) is 5.56 Å². The molecule has 0 aliphatic heterocycles. The molecule has 32 heavy (non-hydrogen) atoms. The summed E-state index contributed by atoms with van der Waals surface area (Å²) >= 11 is 1.78. The molecule has 2 rings (SSSR count). The number of esters is 1. The van der Waals surface area contributed by atoms with Crippen LogP contribution in [0, 0.1) is 0 Å². The van der Waals surface area contributed by atoms with Crippen LogP contribution in [0.1, 0.15) is 66.7 Å². The average molecular weight is 552 g/mol. The Hall–Kier alpha value is -2.09. The van der Waals surface area contributed by atoms with Crippen molar-refractivity contribution in [2.45, 2.75) is 52.1 Å². The molecule has 5 nitrogen and oxygen atoms in total. The molecule has 0 saturated carbocycles. The molecule has 0 aliphatic rings. The van der Waals surface area contributed by atoms with Gasteiger partial charge in [0.2, 0.25) is 3.79 Å². The standard InChI is InChI=1S/C17H27NO2.C9H10INO/c1-5-7-8-9-16(6-2)20-17(19)14-10-12-15(13-11-14)18(3)4;1-11(2)8-5-3-7(4-6-8)9(10)12/h10-13,16H,5-9H2,1-4H3;3-6H,1-2H3. The number of hydrogen-bond donors (Lipinski definition) is 0. The molecule has 2 aromatic rings. The van der Waals surface area contributed by atoms with Crippen LogP contribution in [-0.2, 0) is 4.74 Å². The van der Waals surface area contributed by atoms with Gasteiger partial charge in [0.25, 0.3) is 0 Å². The van der Waals surface area contributed by atoms with Crippen LogP contribution >= 0.6 is 22.6 Å². The third-order valence-corrected chi connectivity index (χ3v) is 5.71. The summed E-state index contributed by atoms with van der Waals surface area (Å²) in [5.41, 5.74) is 3.57. The van der Waals surface area contributed by atoms with Gasteiger partial charge in [-0.3, -0.25) is 4.79 Å². The number of carbonyl (C=O) groups is 2. The van der Waals surface area contributed by atoms with Gasteiger partial charge >= 0.3 is 5.97 Å². The third kappa shape index (κ3) is 10.0. The van der Waals surface area contributed by atoms with E-state index in [-0.39, 0.29) is 15.9 Å². The normalized spacial score (nSPS) is 11.1. The summed E-state index contributed by atoms with van der Waals surface area (Å²) in [6.07, 6.45) is 5.41. The van der Waals surface area contributed by atoms with Crippen molar-refractivity contribution >= 4 is 43.7 Å². The number of unbranched alkanes of at least 4 members (excludes halogenated alkanes) is 2. The van der Waals surface area contributed by atoms with Gasteiger partial charge < -0.3 is 14.5 Å². The maximum Gasteiger partial charge on any atom is 0.338 e. The fraction of sp³-hybridized carbons (Fsp3) is 0.462. The number of ether oxygens (including phenoxy) is 1. The molecule has 0 fully saturated rings. The molecule has 176 valence electrons. The van der Waals surface area contributed by atoms with Gasteiger partial charge in [-0.15, -0.1) is 0 Å². The van der Waals surface area contributed by atoms with Crippen molar-refractivity contribution in [3.05, 3.63) is 59.7 Å². The summed E-state index contributed by atoms with van der Waals surface area (Å²) < 4.78 is 5.66. The number of carbonyl (C=O) groups excluding carboxylic acids is 2. The minimum atomic E-state index is -0.210. The molecule has 6 heteroatoms. The number of nitrogens with zero attached hydrogens (tertiary/aromatic N) is 2. The maximum absolute atomic E-state index is 12.1. The summed E-state index contributed by atoms with van der Waals surface area (Å²) in [4.78, 5) is 27.0. The molecule has 1 unspecified atom stereocenters. The number of rotatable bonds is 10. The molecule has 0 aromatic heterocycles. The van der Waals surface area contributed by atoms with E-state index in [1.807, 2.05) is 86.5 Å². The first-order valence-electron chi connectivity index (χ1n) is 11.1. The molecule has 0 amide bonds. The number of halogens is 1. The highest BCUT2D eigenvalue weighted by atomic mass is 127. The lowest BCUT2D eigenvalue weighted by Crippen LogP contribution is -2.17. The van der Waals surface area contributed by atoms with E-state index in [2.05, 4.69) is 13.8 Å². The van der Waals surface area contributed by atoms with Crippen molar-refractivity contribution in [3.63, 3.8) is 0 Å². The minimum absolute atomic E-state index is 0.0441. The molecule has 0 aliphatic carbocycles. The molecule has 0 saturated heterocycles. The number of anilines is 2. The first-order valence-corrected chi connectivity index (χ1v) is 12.2. The zero-order chi connectivity index (χ0) is 24.1. The van der Waals surface area contributed by atoms with Crippen molar-refractivity contribution in [3.8, 4) is 0 Å². The Morgan fingerprint density at radius 1 is 0.812 bits per heavy atom. The maximum atomic E-state index is 12.1. The van der Waals surface area contributed by atoms with Gasteiger partial charge in [0.1, 0.15) is 6.10 Å². The largest absolute Gasteiger partial charge is 0.459 e. The summed E-state index contributed by atoms with van der Waals surface area (Å²) in [6.45, 7) is 4.25. The Balaban J connectivity index is 0.000000363. The van der Waals surface area contributed by atoms with E-state index < -0.39 is 0 Å². The van der Waals surface area contributed by atoms with Gasteiger partial charge in [-0.2, -0.15) is 0 Å². The topological polar surface area (TPSA) is 49.9 Å². The van der Waals surface area contributed by atoms with E-state index >= 15 is 0 Å². The predicted molar refractivity (Wildman–Crippen MR) is 144 cm³/mol. The van der Waals surface area contributed by atoms with Crippen molar-refractivity contribution in [2.75, 3.05) is 38.0 Å². The Bertz CT molecular complexity index is 818. The number of benzene rings is 2. The molecular weight excluding hydrogens is 515 g/mol. The lowest BCUT2D eigenvalue weighted by molar-refractivity contribution is 0.0267. The summed E-state index contributed by atoms with van der Waals surface area (Å²) in [7, 11) is 7.91. The molecule has 0 radical (unpaired) electrons. The van der Waals surface area contributed by atoms with Crippen LogP contribution in [0.4, 0.5) is 11.4 Å². The first kappa shape index (κ1) is 27.9. The summed E-state index contributed by atoms with van der Waals surface area (Å²) in [6, 6.07) is 15.1. The lowest BCUT2D eigenvalue weighted by Gasteiger charge is -2.17. The van der Waals surface area contributed by atoms with Gasteiger partial charge in [0, 0.05) is 67.7 Å². The van der Waals surface area contributed by atoms with Crippen LogP contribution in [0.15, 0.2) is 48.5 Å². The van der Waals surface area contributed by atoms with E-state index in [0.717, 1.165) is 36.2 Å². The number of hydrogen-bond acceptors (Lipinski definition) is 5. The summed E-state index contributed by atoms with van der Waals surface area (Å²) in [5.74, 6) is -0.210. The Kier molecular flexibility index (Phi) is 13.0. The fourth-order valence-corrected chi connectivity index (χ4v) is 3.33. The third-order valence-electron chi connectivity index (χ3n) is 5.09. The second-order valence-corrected chi connectivity index (χ2v) is 9.07. The SMILES string of the molecule is CCCCCC(CC)OC(=O)c1ccc(N(C)C)cc1.CN(C)c1ccc(C(=O)I)cc1. The highest BCUT2D eigenvalue weighted by Gasteiger charge is 2.14. The highest BCUT2D eigenvalue weighted by molar-refractivity contribution is 14.1. The minimum Gasteiger partial charge on any atom is -0.459 e. The van der Waals surface area contributed by atoms with Crippen molar-refractivity contribution in [2.24, 2.45) is 0 Å². The zero-order valence-corrected chi connectivity index (χ0v) is 22.4. The van der Waals surface area contributed by atoms with Gasteiger partial charge in [-0.05, 0) is 67.8 Å². The first-order chi connectivity index (χ1) is 15.2. The van der Waals surface area contributed by atoms with Crippen molar-refractivity contribution < 1.29 is 14.3 Å². The van der Waals surface area contributed by atoms with Crippen LogP contribution in [0.3, 0.4) is 0 Å². The smallest absolute Gasteiger partial charge is 0.338 e. The van der Waals surface area contributed by atoms with E-state index in [0.29, 0.717) is 5.56 Å². The summed E-state index contributed by atoms with van der Waals surface area (Å²) in [5, 5.41) is 0. The second-order valence-electron chi connectivity index (χ2n) is 8.09. The van der Waals surface area contributed by atoms with Crippen LogP contribution in [-0.4, -0.2) is 44.1 Å². The Morgan fingerprint density at radius 3 is 1.66 bits per heavy atom. The van der Waals surface area contributed by atoms with Gasteiger partial charge in [-0.1, -0.05) is 26.7 Å². The lowest BCUT2D eigenvalue weighted by atomic mass is 10.1. The monoisotopic (exact) mass is 552 g/mol. The highest BCUT2D eigenvalue weighted by Crippen LogP contribution is 2.16. The second kappa shape index (κ2) is 14.9. The molecule has 0 heterocycles. The molecule has 0 N–H and O–H groups in total. The van der Waals surface area contributed by atoms with Gasteiger partial charge in [0.15, 0.2) is 0 Å². The van der Waals surface area contributed by atoms with Crippen LogP contribution < -0.4 is 9.80 Å². The van der Waals surface area contributed by atoms with Crippen molar-refractivity contribution in [1.29, 1.82) is 0 Å². The average Bonchev–Trinajstić information content (AvgIpc) is 2.78. The van der Waals surface area contributed by atoms with E-state index in [4.69, 9.17) is 4.74 Å². The van der Waals surface area contributed by atoms with Crippen molar-refractivity contribution in [1.82, 2.24) is 0 Å². The van der Waals surface area contributed by atoms with Crippen LogP contribution in [0.25, 0.3) is 0 Å². The van der Waals surface area contributed by atoms with Crippen LogP contribution in [0.2, 0.25) is 0 Å². The Labute approximate surface area is 207 Å².